The summed E-state index contributed by atoms with van der Waals surface area (Å²) in [7, 11) is 3.29. The lowest BCUT2D eigenvalue weighted by atomic mass is 10.2. The van der Waals surface area contributed by atoms with Crippen molar-refractivity contribution < 1.29 is 9.47 Å². The molecule has 3 rings (SSSR count). The molecule has 3 nitrogen and oxygen atoms in total. The van der Waals surface area contributed by atoms with Gasteiger partial charge in [-0.25, -0.2) is 0 Å². The molecular weight excluding hydrogens is 270 g/mol. The minimum atomic E-state index is 0.723. The second kappa shape index (κ2) is 5.21. The van der Waals surface area contributed by atoms with Crippen LogP contribution in [0.2, 0.25) is 0 Å². The van der Waals surface area contributed by atoms with Crippen LogP contribution in [-0.2, 0) is 0 Å². The quantitative estimate of drug-likeness (QED) is 0.706. The molecular formula is C16H15NO2S. The zero-order valence-electron chi connectivity index (χ0n) is 11.6. The number of hydrogen-bond donors (Lipinski definition) is 0. The van der Waals surface area contributed by atoms with Crippen molar-refractivity contribution in [3.63, 3.8) is 0 Å². The van der Waals surface area contributed by atoms with E-state index in [0.717, 1.165) is 32.5 Å². The van der Waals surface area contributed by atoms with Crippen molar-refractivity contribution in [1.82, 2.24) is 0 Å². The first-order valence-corrected chi connectivity index (χ1v) is 7.11. The highest BCUT2D eigenvalue weighted by atomic mass is 32.2. The summed E-state index contributed by atoms with van der Waals surface area (Å²) in [5.41, 5.74) is 3.27. The summed E-state index contributed by atoms with van der Waals surface area (Å²) < 4.78 is 10.7. The average Bonchev–Trinajstić information content (AvgIpc) is 2.63. The number of ether oxygens (including phenoxy) is 2. The number of aliphatic imine (C=N–C) groups is 1. The van der Waals surface area contributed by atoms with Crippen LogP contribution in [0.1, 0.15) is 11.1 Å². The molecule has 2 aromatic carbocycles. The maximum Gasteiger partial charge on any atom is 0.161 e. The molecule has 0 saturated carbocycles. The Morgan fingerprint density at radius 3 is 2.45 bits per heavy atom. The van der Waals surface area contributed by atoms with E-state index in [2.05, 4.69) is 30.1 Å². The van der Waals surface area contributed by atoms with E-state index in [1.54, 1.807) is 26.0 Å². The Hall–Kier alpha value is -1.94. The first-order chi connectivity index (χ1) is 9.71. The second-order valence-electron chi connectivity index (χ2n) is 4.58. The van der Waals surface area contributed by atoms with Crippen molar-refractivity contribution in [2.24, 2.45) is 4.99 Å². The molecule has 4 heteroatoms. The van der Waals surface area contributed by atoms with Gasteiger partial charge in [0.1, 0.15) is 0 Å². The molecule has 0 N–H and O–H groups in total. The highest BCUT2D eigenvalue weighted by Gasteiger charge is 2.15. The molecule has 1 aliphatic rings. The molecule has 0 fully saturated rings. The predicted molar refractivity (Wildman–Crippen MR) is 82.1 cm³/mol. The van der Waals surface area contributed by atoms with E-state index in [9.17, 15) is 0 Å². The number of benzene rings is 2. The third-order valence-corrected chi connectivity index (χ3v) is 4.31. The van der Waals surface area contributed by atoms with Crippen LogP contribution < -0.4 is 9.47 Å². The van der Waals surface area contributed by atoms with Gasteiger partial charge in [0.2, 0.25) is 0 Å². The van der Waals surface area contributed by atoms with Gasteiger partial charge in [-0.05, 0) is 36.8 Å². The van der Waals surface area contributed by atoms with Crippen LogP contribution in [0.5, 0.6) is 11.5 Å². The van der Waals surface area contributed by atoms with Gasteiger partial charge in [0, 0.05) is 21.6 Å². The standard InChI is InChI=1S/C16H15NO2S/c1-10-4-5-12-16(6-10)20-15-8-14(19-3)13(18-2)7-11(15)9-17-12/h4-9H,1-3H3. The van der Waals surface area contributed by atoms with Crippen LogP contribution in [0.25, 0.3) is 0 Å². The van der Waals surface area contributed by atoms with E-state index < -0.39 is 0 Å². The van der Waals surface area contributed by atoms with Crippen molar-refractivity contribution in [3.05, 3.63) is 41.5 Å². The molecule has 0 radical (unpaired) electrons. The van der Waals surface area contributed by atoms with Crippen molar-refractivity contribution in [3.8, 4) is 11.5 Å². The molecule has 0 spiro atoms. The Balaban J connectivity index is 2.13. The van der Waals surface area contributed by atoms with Gasteiger partial charge < -0.3 is 9.47 Å². The van der Waals surface area contributed by atoms with Crippen LogP contribution in [0.4, 0.5) is 5.69 Å². The molecule has 102 valence electrons. The number of hydrogen-bond acceptors (Lipinski definition) is 4. The van der Waals surface area contributed by atoms with E-state index in [1.807, 2.05) is 18.3 Å². The van der Waals surface area contributed by atoms with Crippen LogP contribution in [0, 0.1) is 6.92 Å². The summed E-state index contributed by atoms with van der Waals surface area (Å²) in [6.07, 6.45) is 1.88. The Kier molecular flexibility index (Phi) is 3.40. The fourth-order valence-electron chi connectivity index (χ4n) is 2.13. The fourth-order valence-corrected chi connectivity index (χ4v) is 3.24. The van der Waals surface area contributed by atoms with E-state index in [-0.39, 0.29) is 0 Å². The highest BCUT2D eigenvalue weighted by Crippen LogP contribution is 2.43. The molecule has 0 unspecified atom stereocenters. The number of fused-ring (bicyclic) bond motifs is 2. The summed E-state index contributed by atoms with van der Waals surface area (Å²) >= 11 is 1.71. The first-order valence-electron chi connectivity index (χ1n) is 6.30. The summed E-state index contributed by atoms with van der Waals surface area (Å²) in [6, 6.07) is 10.2. The molecule has 0 amide bonds. The summed E-state index contributed by atoms with van der Waals surface area (Å²) in [5.74, 6) is 1.46. The van der Waals surface area contributed by atoms with Crippen molar-refractivity contribution in [2.75, 3.05) is 14.2 Å². The predicted octanol–water partition coefficient (Wildman–Crippen LogP) is 4.23. The van der Waals surface area contributed by atoms with Gasteiger partial charge in [-0.1, -0.05) is 17.8 Å². The number of rotatable bonds is 2. The third-order valence-electron chi connectivity index (χ3n) is 3.19. The van der Waals surface area contributed by atoms with Crippen LogP contribution in [-0.4, -0.2) is 20.4 Å². The lowest BCUT2D eigenvalue weighted by Crippen LogP contribution is -1.94. The fraction of sp³-hybridized carbons (Fsp3) is 0.188. The van der Waals surface area contributed by atoms with E-state index >= 15 is 0 Å². The van der Waals surface area contributed by atoms with Crippen molar-refractivity contribution in [2.45, 2.75) is 16.7 Å². The van der Waals surface area contributed by atoms with E-state index in [4.69, 9.17) is 9.47 Å². The largest absolute Gasteiger partial charge is 0.493 e. The number of aryl methyl sites for hydroxylation is 1. The van der Waals surface area contributed by atoms with E-state index in [1.165, 1.54) is 5.56 Å². The highest BCUT2D eigenvalue weighted by molar-refractivity contribution is 7.99. The molecule has 2 aromatic rings. The Morgan fingerprint density at radius 2 is 1.70 bits per heavy atom. The van der Waals surface area contributed by atoms with Gasteiger partial charge >= 0.3 is 0 Å². The first kappa shape index (κ1) is 13.1. The normalized spacial score (nSPS) is 12.3. The Labute approximate surface area is 122 Å². The zero-order valence-corrected chi connectivity index (χ0v) is 12.5. The van der Waals surface area contributed by atoms with Gasteiger partial charge in [-0.2, -0.15) is 0 Å². The lowest BCUT2D eigenvalue weighted by molar-refractivity contribution is 0.354. The molecule has 0 aromatic heterocycles. The van der Waals surface area contributed by atoms with Crippen LogP contribution >= 0.6 is 11.8 Å². The topological polar surface area (TPSA) is 30.8 Å². The monoisotopic (exact) mass is 285 g/mol. The van der Waals surface area contributed by atoms with Crippen LogP contribution in [0.3, 0.4) is 0 Å². The maximum absolute atomic E-state index is 5.37. The Bertz CT molecular complexity index is 695. The molecule has 1 heterocycles. The molecule has 20 heavy (non-hydrogen) atoms. The van der Waals surface area contributed by atoms with Crippen molar-refractivity contribution in [1.29, 1.82) is 0 Å². The van der Waals surface area contributed by atoms with Crippen LogP contribution in [0.15, 0.2) is 45.1 Å². The minimum Gasteiger partial charge on any atom is -0.493 e. The molecule has 0 aliphatic carbocycles. The van der Waals surface area contributed by atoms with Crippen molar-refractivity contribution >= 4 is 23.7 Å². The van der Waals surface area contributed by atoms with Gasteiger partial charge in [-0.3, -0.25) is 4.99 Å². The maximum atomic E-state index is 5.37. The zero-order chi connectivity index (χ0) is 14.1. The molecule has 0 bridgehead atoms. The second-order valence-corrected chi connectivity index (χ2v) is 5.66. The van der Waals surface area contributed by atoms with Gasteiger partial charge in [0.05, 0.1) is 19.9 Å². The molecule has 0 saturated heterocycles. The summed E-state index contributed by atoms with van der Waals surface area (Å²) in [4.78, 5) is 6.84. The SMILES string of the molecule is COc1cc2c(cc1OC)Sc1cc(C)ccc1N=C2. The molecule has 0 atom stereocenters. The van der Waals surface area contributed by atoms with Gasteiger partial charge in [0.25, 0.3) is 0 Å². The average molecular weight is 285 g/mol. The van der Waals surface area contributed by atoms with Gasteiger partial charge in [0.15, 0.2) is 11.5 Å². The van der Waals surface area contributed by atoms with E-state index in [0.29, 0.717) is 0 Å². The number of nitrogens with zero attached hydrogens (tertiary/aromatic N) is 1. The summed E-state index contributed by atoms with van der Waals surface area (Å²) in [6.45, 7) is 2.09. The van der Waals surface area contributed by atoms with Gasteiger partial charge in [-0.15, -0.1) is 0 Å². The third kappa shape index (κ3) is 2.27. The summed E-state index contributed by atoms with van der Waals surface area (Å²) in [5, 5.41) is 0. The Morgan fingerprint density at radius 1 is 0.950 bits per heavy atom. The molecule has 1 aliphatic heterocycles. The lowest BCUT2D eigenvalue weighted by Gasteiger charge is -2.11. The number of methoxy groups -OCH3 is 2. The minimum absolute atomic E-state index is 0.723. The smallest absolute Gasteiger partial charge is 0.161 e.